The predicted octanol–water partition coefficient (Wildman–Crippen LogP) is 2.99. The number of hydrogen-bond acceptors (Lipinski definition) is 1. The van der Waals surface area contributed by atoms with Crippen LogP contribution in [0.1, 0.15) is 30.4 Å². The van der Waals surface area contributed by atoms with Crippen molar-refractivity contribution in [2.45, 2.75) is 26.2 Å². The number of hydrogen-bond donors (Lipinski definition) is 1. The summed E-state index contributed by atoms with van der Waals surface area (Å²) < 4.78 is 27.3. The van der Waals surface area contributed by atoms with Crippen LogP contribution in [0.15, 0.2) is 12.1 Å². The molecule has 3 heteroatoms. The van der Waals surface area contributed by atoms with Crippen LogP contribution in [0.4, 0.5) is 8.78 Å². The molecular formula is C13H17F2N. The molecule has 0 spiro atoms. The van der Waals surface area contributed by atoms with Crippen molar-refractivity contribution in [3.8, 4) is 0 Å². The molecule has 1 aromatic carbocycles. The maximum absolute atomic E-state index is 13.8. The van der Waals surface area contributed by atoms with E-state index in [-0.39, 0.29) is 5.92 Å². The summed E-state index contributed by atoms with van der Waals surface area (Å²) in [5.74, 6) is -0.858. The predicted molar refractivity (Wildman–Crippen MR) is 60.5 cm³/mol. The molecule has 0 bridgehead atoms. The second-order valence-corrected chi connectivity index (χ2v) is 4.68. The number of nitrogens with one attached hydrogen (secondary N) is 1. The zero-order valence-electron chi connectivity index (χ0n) is 9.69. The zero-order valence-corrected chi connectivity index (χ0v) is 9.69. The SMILES string of the molecule is Cc1ccc(C2CCNCC2C)c(F)c1F. The first-order valence-corrected chi connectivity index (χ1v) is 5.76. The number of halogens is 2. The van der Waals surface area contributed by atoms with E-state index >= 15 is 0 Å². The molecule has 1 aliphatic heterocycles. The summed E-state index contributed by atoms with van der Waals surface area (Å²) in [5, 5.41) is 3.26. The minimum absolute atomic E-state index is 0.136. The van der Waals surface area contributed by atoms with Gasteiger partial charge in [0.2, 0.25) is 0 Å². The average Bonchev–Trinajstić information content (AvgIpc) is 2.28. The summed E-state index contributed by atoms with van der Waals surface area (Å²) in [5.41, 5.74) is 0.917. The highest BCUT2D eigenvalue weighted by atomic mass is 19.2. The van der Waals surface area contributed by atoms with E-state index in [1.54, 1.807) is 19.1 Å². The zero-order chi connectivity index (χ0) is 11.7. The molecule has 0 aliphatic carbocycles. The second-order valence-electron chi connectivity index (χ2n) is 4.68. The van der Waals surface area contributed by atoms with Gasteiger partial charge < -0.3 is 5.32 Å². The van der Waals surface area contributed by atoms with Gasteiger partial charge in [-0.1, -0.05) is 19.1 Å². The third kappa shape index (κ3) is 1.96. The van der Waals surface area contributed by atoms with E-state index in [0.29, 0.717) is 17.0 Å². The molecule has 0 amide bonds. The van der Waals surface area contributed by atoms with Crippen LogP contribution in [0.25, 0.3) is 0 Å². The van der Waals surface area contributed by atoms with Crippen molar-refractivity contribution < 1.29 is 8.78 Å². The highest BCUT2D eigenvalue weighted by molar-refractivity contribution is 5.29. The monoisotopic (exact) mass is 225 g/mol. The minimum Gasteiger partial charge on any atom is -0.316 e. The lowest BCUT2D eigenvalue weighted by Gasteiger charge is -2.30. The van der Waals surface area contributed by atoms with Crippen LogP contribution in [0, 0.1) is 24.5 Å². The van der Waals surface area contributed by atoms with Crippen LogP contribution in [0.2, 0.25) is 0 Å². The first-order valence-electron chi connectivity index (χ1n) is 5.76. The molecule has 2 rings (SSSR count). The quantitative estimate of drug-likeness (QED) is 0.774. The summed E-state index contributed by atoms with van der Waals surface area (Å²) in [6.07, 6.45) is 0.876. The molecule has 2 unspecified atom stereocenters. The summed E-state index contributed by atoms with van der Waals surface area (Å²) >= 11 is 0. The van der Waals surface area contributed by atoms with Gasteiger partial charge in [0.05, 0.1) is 0 Å². The van der Waals surface area contributed by atoms with Crippen molar-refractivity contribution >= 4 is 0 Å². The van der Waals surface area contributed by atoms with E-state index in [9.17, 15) is 8.78 Å². The Labute approximate surface area is 94.9 Å². The van der Waals surface area contributed by atoms with Gasteiger partial charge in [-0.2, -0.15) is 0 Å². The number of aryl methyl sites for hydroxylation is 1. The lowest BCUT2D eigenvalue weighted by atomic mass is 9.82. The van der Waals surface area contributed by atoms with Gasteiger partial charge in [0.25, 0.3) is 0 Å². The van der Waals surface area contributed by atoms with E-state index in [1.165, 1.54) is 0 Å². The summed E-state index contributed by atoms with van der Waals surface area (Å²) in [7, 11) is 0. The van der Waals surface area contributed by atoms with Crippen molar-refractivity contribution in [1.82, 2.24) is 5.32 Å². The van der Waals surface area contributed by atoms with Gasteiger partial charge in [0.1, 0.15) is 0 Å². The summed E-state index contributed by atoms with van der Waals surface area (Å²) in [6.45, 7) is 5.42. The highest BCUT2D eigenvalue weighted by Crippen LogP contribution is 2.32. The van der Waals surface area contributed by atoms with Gasteiger partial charge in [-0.25, -0.2) is 8.78 Å². The Hall–Kier alpha value is -0.960. The normalized spacial score (nSPS) is 25.8. The van der Waals surface area contributed by atoms with Crippen LogP contribution in [0.3, 0.4) is 0 Å². The molecule has 1 aliphatic rings. The van der Waals surface area contributed by atoms with Crippen molar-refractivity contribution in [3.05, 3.63) is 34.9 Å². The molecule has 1 N–H and O–H groups in total. The molecule has 1 aromatic rings. The van der Waals surface area contributed by atoms with E-state index in [1.807, 2.05) is 0 Å². The summed E-state index contributed by atoms with van der Waals surface area (Å²) in [6, 6.07) is 3.41. The Morgan fingerprint density at radius 1 is 1.25 bits per heavy atom. The van der Waals surface area contributed by atoms with E-state index in [0.717, 1.165) is 19.5 Å². The Morgan fingerprint density at radius 2 is 2.00 bits per heavy atom. The molecule has 0 saturated carbocycles. The number of benzene rings is 1. The minimum atomic E-state index is -0.691. The number of piperidine rings is 1. The van der Waals surface area contributed by atoms with Gasteiger partial charge in [-0.15, -0.1) is 0 Å². The maximum Gasteiger partial charge on any atom is 0.162 e. The molecule has 1 fully saturated rings. The van der Waals surface area contributed by atoms with Crippen LogP contribution < -0.4 is 5.32 Å². The third-order valence-electron chi connectivity index (χ3n) is 3.49. The Bertz CT molecular complexity index is 390. The van der Waals surface area contributed by atoms with Gasteiger partial charge in [-0.3, -0.25) is 0 Å². The largest absolute Gasteiger partial charge is 0.316 e. The van der Waals surface area contributed by atoms with Crippen LogP contribution in [-0.4, -0.2) is 13.1 Å². The lowest BCUT2D eigenvalue weighted by molar-refractivity contribution is 0.337. The van der Waals surface area contributed by atoms with Crippen LogP contribution in [-0.2, 0) is 0 Å². The molecule has 0 aromatic heterocycles. The van der Waals surface area contributed by atoms with Crippen molar-refractivity contribution in [2.24, 2.45) is 5.92 Å². The molecule has 1 nitrogen and oxygen atoms in total. The molecule has 88 valence electrons. The average molecular weight is 225 g/mol. The van der Waals surface area contributed by atoms with Crippen molar-refractivity contribution in [3.63, 3.8) is 0 Å². The second kappa shape index (κ2) is 4.50. The fraction of sp³-hybridized carbons (Fsp3) is 0.538. The van der Waals surface area contributed by atoms with Crippen molar-refractivity contribution in [2.75, 3.05) is 13.1 Å². The maximum atomic E-state index is 13.8. The molecule has 1 heterocycles. The van der Waals surface area contributed by atoms with E-state index < -0.39 is 11.6 Å². The first kappa shape index (κ1) is 11.5. The molecule has 2 atom stereocenters. The summed E-state index contributed by atoms with van der Waals surface area (Å²) in [4.78, 5) is 0. The molecule has 16 heavy (non-hydrogen) atoms. The van der Waals surface area contributed by atoms with Gasteiger partial charge in [0.15, 0.2) is 11.6 Å². The van der Waals surface area contributed by atoms with Gasteiger partial charge >= 0.3 is 0 Å². The van der Waals surface area contributed by atoms with E-state index in [2.05, 4.69) is 12.2 Å². The number of rotatable bonds is 1. The van der Waals surface area contributed by atoms with Gasteiger partial charge in [-0.05, 0) is 49.4 Å². The Kier molecular flexibility index (Phi) is 3.24. The van der Waals surface area contributed by atoms with Crippen LogP contribution in [0.5, 0.6) is 0 Å². The standard InChI is InChI=1S/C13H17F2N/c1-8-3-4-11(13(15)12(8)14)10-5-6-16-7-9(10)2/h3-4,9-10,16H,5-7H2,1-2H3. The Morgan fingerprint density at radius 3 is 2.69 bits per heavy atom. The topological polar surface area (TPSA) is 12.0 Å². The fourth-order valence-electron chi connectivity index (χ4n) is 2.42. The van der Waals surface area contributed by atoms with Gasteiger partial charge in [0, 0.05) is 0 Å². The molecular weight excluding hydrogens is 208 g/mol. The lowest BCUT2D eigenvalue weighted by Crippen LogP contribution is -2.34. The molecule has 0 radical (unpaired) electrons. The Balaban J connectivity index is 2.36. The smallest absolute Gasteiger partial charge is 0.162 e. The fourth-order valence-corrected chi connectivity index (χ4v) is 2.42. The molecule has 1 saturated heterocycles. The van der Waals surface area contributed by atoms with E-state index in [4.69, 9.17) is 0 Å². The van der Waals surface area contributed by atoms with Crippen LogP contribution >= 0.6 is 0 Å². The first-order chi connectivity index (χ1) is 7.61. The highest BCUT2D eigenvalue weighted by Gasteiger charge is 2.26. The third-order valence-corrected chi connectivity index (χ3v) is 3.49. The van der Waals surface area contributed by atoms with Crippen molar-refractivity contribution in [1.29, 1.82) is 0 Å².